The van der Waals surface area contributed by atoms with Gasteiger partial charge in [-0.3, -0.25) is 19.3 Å². The van der Waals surface area contributed by atoms with E-state index in [-0.39, 0.29) is 17.4 Å². The number of hydrogen-bond acceptors (Lipinski definition) is 5. The van der Waals surface area contributed by atoms with Gasteiger partial charge in [0, 0.05) is 11.2 Å². The summed E-state index contributed by atoms with van der Waals surface area (Å²) in [5.74, 6) is -2.80. The van der Waals surface area contributed by atoms with Crippen molar-refractivity contribution in [2.75, 3.05) is 4.90 Å². The first-order valence-electron chi connectivity index (χ1n) is 9.67. The van der Waals surface area contributed by atoms with Crippen LogP contribution in [0.25, 0.3) is 10.8 Å². The fourth-order valence-electron chi connectivity index (χ4n) is 3.40. The van der Waals surface area contributed by atoms with Crippen molar-refractivity contribution in [3.63, 3.8) is 0 Å². The Hall–Kier alpha value is -3.62. The van der Waals surface area contributed by atoms with Crippen molar-refractivity contribution in [3.8, 4) is 0 Å². The zero-order valence-electron chi connectivity index (χ0n) is 16.6. The van der Waals surface area contributed by atoms with E-state index in [0.717, 1.165) is 22.6 Å². The monoisotopic (exact) mass is 464 g/mol. The summed E-state index contributed by atoms with van der Waals surface area (Å²) in [4.78, 5) is 38.7. The van der Waals surface area contributed by atoms with Crippen molar-refractivity contribution in [3.05, 3.63) is 77.3 Å². The molecule has 1 aliphatic rings. The van der Waals surface area contributed by atoms with Gasteiger partial charge in [-0.2, -0.15) is 5.10 Å². The highest BCUT2D eigenvalue weighted by molar-refractivity contribution is 7.80. The molecule has 0 bridgehead atoms. The molecule has 3 amide bonds. The van der Waals surface area contributed by atoms with Crippen LogP contribution in [0.4, 0.5) is 5.69 Å². The van der Waals surface area contributed by atoms with Crippen LogP contribution in [0.2, 0.25) is 5.02 Å². The molecular formula is C23H17ClN4O3S. The van der Waals surface area contributed by atoms with Crippen molar-refractivity contribution in [2.45, 2.75) is 6.42 Å². The zero-order chi connectivity index (χ0) is 22.7. The third kappa shape index (κ3) is 4.51. The first-order chi connectivity index (χ1) is 15.4. The molecule has 1 saturated heterocycles. The summed E-state index contributed by atoms with van der Waals surface area (Å²) >= 11 is 11.0. The van der Waals surface area contributed by atoms with Gasteiger partial charge in [0.2, 0.25) is 11.8 Å². The molecule has 3 aromatic rings. The predicted molar refractivity (Wildman–Crippen MR) is 127 cm³/mol. The first-order valence-corrected chi connectivity index (χ1v) is 10.5. The number of rotatable bonds is 5. The summed E-state index contributed by atoms with van der Waals surface area (Å²) < 4.78 is 0. The number of carbonyl (C=O) groups excluding carboxylic acids is 3. The number of hydrazone groups is 1. The van der Waals surface area contributed by atoms with E-state index in [2.05, 4.69) is 15.8 Å². The van der Waals surface area contributed by atoms with Crippen LogP contribution in [0.5, 0.6) is 0 Å². The minimum Gasteiger partial charge on any atom is -0.301 e. The number of hydrogen-bond donors (Lipinski definition) is 2. The van der Waals surface area contributed by atoms with Gasteiger partial charge in [0.05, 0.1) is 12.1 Å². The Morgan fingerprint density at radius 2 is 1.81 bits per heavy atom. The molecule has 2 N–H and O–H groups in total. The fourth-order valence-corrected chi connectivity index (χ4v) is 3.82. The summed E-state index contributed by atoms with van der Waals surface area (Å²) in [6.07, 6.45) is 1.20. The number of benzene rings is 3. The van der Waals surface area contributed by atoms with Crippen molar-refractivity contribution in [1.29, 1.82) is 0 Å². The van der Waals surface area contributed by atoms with Crippen molar-refractivity contribution < 1.29 is 14.4 Å². The molecule has 3 aromatic carbocycles. The second-order valence-electron chi connectivity index (χ2n) is 7.05. The SMILES string of the molecule is O=C(Cc1cccc2ccccc12)N/N=C\[C@@H]1C(=O)NC(=S)N(c2ccc(Cl)cc2)C1=O. The average molecular weight is 465 g/mol. The Morgan fingerprint density at radius 1 is 1.09 bits per heavy atom. The van der Waals surface area contributed by atoms with E-state index in [1.807, 2.05) is 42.5 Å². The van der Waals surface area contributed by atoms with E-state index in [1.54, 1.807) is 24.3 Å². The second kappa shape index (κ2) is 9.25. The van der Waals surface area contributed by atoms with Crippen LogP contribution in [-0.2, 0) is 20.8 Å². The van der Waals surface area contributed by atoms with Gasteiger partial charge in [0.15, 0.2) is 11.0 Å². The Balaban J connectivity index is 1.45. The lowest BCUT2D eigenvalue weighted by atomic mass is 10.0. The lowest BCUT2D eigenvalue weighted by Gasteiger charge is -2.30. The Kier molecular flexibility index (Phi) is 6.25. The highest BCUT2D eigenvalue weighted by Crippen LogP contribution is 2.22. The van der Waals surface area contributed by atoms with Crippen LogP contribution in [-0.4, -0.2) is 29.0 Å². The minimum absolute atomic E-state index is 0.0352. The van der Waals surface area contributed by atoms with E-state index in [9.17, 15) is 14.4 Å². The van der Waals surface area contributed by atoms with Gasteiger partial charge in [-0.05, 0) is 52.8 Å². The topological polar surface area (TPSA) is 90.9 Å². The molecule has 0 saturated carbocycles. The van der Waals surface area contributed by atoms with Gasteiger partial charge in [0.25, 0.3) is 5.91 Å². The molecule has 4 rings (SSSR count). The molecular weight excluding hydrogens is 448 g/mol. The number of amides is 3. The number of anilines is 1. The van der Waals surface area contributed by atoms with Crippen LogP contribution < -0.4 is 15.6 Å². The van der Waals surface area contributed by atoms with Gasteiger partial charge < -0.3 is 5.32 Å². The van der Waals surface area contributed by atoms with Gasteiger partial charge in [-0.1, -0.05) is 54.1 Å². The maximum atomic E-state index is 12.9. The number of nitrogens with one attached hydrogen (secondary N) is 2. The second-order valence-corrected chi connectivity index (χ2v) is 7.87. The predicted octanol–water partition coefficient (Wildman–Crippen LogP) is 3.20. The number of nitrogens with zero attached hydrogens (tertiary/aromatic N) is 2. The Bertz CT molecular complexity index is 1250. The molecule has 0 aliphatic carbocycles. The lowest BCUT2D eigenvalue weighted by Crippen LogP contribution is -2.58. The van der Waals surface area contributed by atoms with Gasteiger partial charge in [-0.25, -0.2) is 5.43 Å². The van der Waals surface area contributed by atoms with Crippen LogP contribution in [0.3, 0.4) is 0 Å². The smallest absolute Gasteiger partial charge is 0.251 e. The minimum atomic E-state index is -1.24. The number of carbonyl (C=O) groups is 3. The largest absolute Gasteiger partial charge is 0.301 e. The van der Waals surface area contributed by atoms with Gasteiger partial charge >= 0.3 is 0 Å². The van der Waals surface area contributed by atoms with Gasteiger partial charge in [-0.15, -0.1) is 0 Å². The molecule has 32 heavy (non-hydrogen) atoms. The quantitative estimate of drug-likeness (QED) is 0.262. The van der Waals surface area contributed by atoms with Crippen LogP contribution in [0.15, 0.2) is 71.8 Å². The van der Waals surface area contributed by atoms with E-state index in [4.69, 9.17) is 23.8 Å². The average Bonchev–Trinajstić information content (AvgIpc) is 2.77. The summed E-state index contributed by atoms with van der Waals surface area (Å²) in [7, 11) is 0. The van der Waals surface area contributed by atoms with E-state index < -0.39 is 17.7 Å². The van der Waals surface area contributed by atoms with Crippen LogP contribution in [0, 0.1) is 5.92 Å². The van der Waals surface area contributed by atoms with E-state index >= 15 is 0 Å². The number of thiocarbonyl (C=S) groups is 1. The van der Waals surface area contributed by atoms with Gasteiger partial charge in [0.1, 0.15) is 0 Å². The third-order valence-electron chi connectivity index (χ3n) is 4.93. The Labute approximate surface area is 194 Å². The van der Waals surface area contributed by atoms with Crippen molar-refractivity contribution in [1.82, 2.24) is 10.7 Å². The summed E-state index contributed by atoms with van der Waals surface area (Å²) in [6, 6.07) is 19.9. The molecule has 160 valence electrons. The molecule has 1 aliphatic heterocycles. The number of fused-ring (bicyclic) bond motifs is 1. The first kappa shape index (κ1) is 21.6. The summed E-state index contributed by atoms with van der Waals surface area (Å²) in [5.41, 5.74) is 3.70. The molecule has 1 heterocycles. The number of halogens is 1. The van der Waals surface area contributed by atoms with E-state index in [1.165, 1.54) is 4.90 Å². The zero-order valence-corrected chi connectivity index (χ0v) is 18.2. The maximum Gasteiger partial charge on any atom is 0.251 e. The van der Waals surface area contributed by atoms with Crippen molar-refractivity contribution >= 4 is 69.3 Å². The van der Waals surface area contributed by atoms with Crippen LogP contribution >= 0.6 is 23.8 Å². The Morgan fingerprint density at radius 3 is 2.59 bits per heavy atom. The molecule has 9 heteroatoms. The van der Waals surface area contributed by atoms with E-state index in [0.29, 0.717) is 10.7 Å². The fraction of sp³-hybridized carbons (Fsp3) is 0.0870. The molecule has 0 radical (unpaired) electrons. The lowest BCUT2D eigenvalue weighted by molar-refractivity contribution is -0.130. The normalized spacial score (nSPS) is 16.5. The standard InChI is InChI=1S/C23H17ClN4O3S/c24-16-8-10-17(11-9-16)28-22(31)19(21(30)26-23(28)32)13-25-27-20(29)12-15-6-3-5-14-4-1-2-7-18(14)15/h1-11,13,19H,12H2,(H,27,29)(H,26,30,32)/b25-13-/t19-/m1/s1. The molecule has 1 fully saturated rings. The van der Waals surface area contributed by atoms with Crippen LogP contribution in [0.1, 0.15) is 5.56 Å². The third-order valence-corrected chi connectivity index (χ3v) is 5.47. The highest BCUT2D eigenvalue weighted by atomic mass is 35.5. The molecule has 7 nitrogen and oxygen atoms in total. The summed E-state index contributed by atoms with van der Waals surface area (Å²) in [6.45, 7) is 0. The maximum absolute atomic E-state index is 12.9. The molecule has 0 aromatic heterocycles. The molecule has 1 atom stereocenters. The molecule has 0 unspecified atom stereocenters. The molecule has 0 spiro atoms. The highest BCUT2D eigenvalue weighted by Gasteiger charge is 2.38. The summed E-state index contributed by atoms with van der Waals surface area (Å²) in [5, 5.41) is 8.80. The van der Waals surface area contributed by atoms with Crippen molar-refractivity contribution in [2.24, 2.45) is 11.0 Å².